The SMILES string of the molecule is CCC[C@@]1(O)CC[C@@]2(CC)c3ccc(C)cc3CCC[C@H]2C1.CC[C@@]12CC[C@]3(CO3)C[C@@H]1CCCc1cc(C)ccc12. The summed E-state index contributed by atoms with van der Waals surface area (Å²) in [6.07, 6.45) is 19.5. The fourth-order valence-corrected chi connectivity index (χ4v) is 10.6. The minimum atomic E-state index is -0.396. The van der Waals surface area contributed by atoms with Gasteiger partial charge in [-0.15, -0.1) is 0 Å². The molecule has 2 nitrogen and oxygen atoms in total. The maximum absolute atomic E-state index is 11.0. The van der Waals surface area contributed by atoms with Gasteiger partial charge in [-0.3, -0.25) is 0 Å². The van der Waals surface area contributed by atoms with Gasteiger partial charge in [-0.05, 0) is 155 Å². The molecule has 6 atom stereocenters. The predicted octanol–water partition coefficient (Wildman–Crippen LogP) is 9.86. The van der Waals surface area contributed by atoms with E-state index in [4.69, 9.17) is 4.74 Å². The van der Waals surface area contributed by atoms with Crippen molar-refractivity contribution in [3.8, 4) is 0 Å². The van der Waals surface area contributed by atoms with Gasteiger partial charge in [-0.1, -0.05) is 74.7 Å². The highest BCUT2D eigenvalue weighted by Gasteiger charge is 2.56. The largest absolute Gasteiger partial charge is 0.390 e. The molecular weight excluding hydrogens is 512 g/mol. The fourth-order valence-electron chi connectivity index (χ4n) is 10.6. The lowest BCUT2D eigenvalue weighted by Crippen LogP contribution is -2.47. The zero-order valence-corrected chi connectivity index (χ0v) is 27.5. The van der Waals surface area contributed by atoms with E-state index in [1.54, 1.807) is 22.3 Å². The molecule has 2 aromatic rings. The summed E-state index contributed by atoms with van der Waals surface area (Å²) in [5, 5.41) is 11.0. The zero-order valence-electron chi connectivity index (χ0n) is 27.5. The third-order valence-corrected chi connectivity index (χ3v) is 13.0. The molecule has 7 rings (SSSR count). The van der Waals surface area contributed by atoms with Crippen LogP contribution in [0.15, 0.2) is 36.4 Å². The fraction of sp³-hybridized carbons (Fsp3) is 0.700. The van der Waals surface area contributed by atoms with E-state index in [-0.39, 0.29) is 0 Å². The number of ether oxygens (including phenoxy) is 1. The first-order valence-electron chi connectivity index (χ1n) is 17.8. The van der Waals surface area contributed by atoms with E-state index in [1.807, 2.05) is 0 Å². The molecule has 42 heavy (non-hydrogen) atoms. The van der Waals surface area contributed by atoms with Gasteiger partial charge in [0.1, 0.15) is 0 Å². The molecule has 3 fully saturated rings. The second-order valence-electron chi connectivity index (χ2n) is 15.4. The Labute approximate surface area is 257 Å². The maximum Gasteiger partial charge on any atom is 0.0919 e. The van der Waals surface area contributed by atoms with Crippen LogP contribution in [-0.2, 0) is 28.4 Å². The Balaban J connectivity index is 0.000000151. The summed E-state index contributed by atoms with van der Waals surface area (Å²) in [5.41, 5.74) is 10.0. The van der Waals surface area contributed by atoms with Gasteiger partial charge in [0.05, 0.1) is 17.8 Å². The van der Waals surface area contributed by atoms with Crippen LogP contribution >= 0.6 is 0 Å². The molecule has 5 aliphatic rings. The van der Waals surface area contributed by atoms with Crippen molar-refractivity contribution < 1.29 is 9.84 Å². The normalized spacial score (nSPS) is 36.7. The Morgan fingerprint density at radius 1 is 0.738 bits per heavy atom. The van der Waals surface area contributed by atoms with E-state index in [2.05, 4.69) is 71.0 Å². The van der Waals surface area contributed by atoms with Crippen LogP contribution in [0.25, 0.3) is 0 Å². The third-order valence-electron chi connectivity index (χ3n) is 13.0. The van der Waals surface area contributed by atoms with Crippen molar-refractivity contribution in [1.82, 2.24) is 0 Å². The first-order chi connectivity index (χ1) is 20.2. The average molecular weight is 571 g/mol. The van der Waals surface area contributed by atoms with E-state index in [0.717, 1.165) is 38.2 Å². The van der Waals surface area contributed by atoms with Crippen LogP contribution in [0.1, 0.15) is 144 Å². The van der Waals surface area contributed by atoms with Gasteiger partial charge in [0.15, 0.2) is 0 Å². The van der Waals surface area contributed by atoms with Crippen molar-refractivity contribution >= 4 is 0 Å². The maximum atomic E-state index is 11.0. The summed E-state index contributed by atoms with van der Waals surface area (Å²) in [4.78, 5) is 0. The Kier molecular flexibility index (Phi) is 8.46. The van der Waals surface area contributed by atoms with Crippen LogP contribution in [0, 0.1) is 25.7 Å². The minimum absolute atomic E-state index is 0.304. The number of hydrogen-bond acceptors (Lipinski definition) is 2. The molecule has 4 aliphatic carbocycles. The van der Waals surface area contributed by atoms with Gasteiger partial charge >= 0.3 is 0 Å². The molecule has 0 radical (unpaired) electrons. The summed E-state index contributed by atoms with van der Waals surface area (Å²) in [5.74, 6) is 1.50. The molecule has 1 spiro atoms. The van der Waals surface area contributed by atoms with Gasteiger partial charge in [0.2, 0.25) is 0 Å². The van der Waals surface area contributed by atoms with Crippen LogP contribution in [0.5, 0.6) is 0 Å². The lowest BCUT2D eigenvalue weighted by molar-refractivity contribution is -0.0542. The molecule has 0 unspecified atom stereocenters. The summed E-state index contributed by atoms with van der Waals surface area (Å²) in [6, 6.07) is 14.4. The molecule has 230 valence electrons. The molecule has 0 aromatic heterocycles. The molecule has 2 heteroatoms. The molecule has 1 aliphatic heterocycles. The quantitative estimate of drug-likeness (QED) is 0.371. The van der Waals surface area contributed by atoms with Crippen molar-refractivity contribution in [2.45, 2.75) is 159 Å². The van der Waals surface area contributed by atoms with Crippen molar-refractivity contribution in [1.29, 1.82) is 0 Å². The second-order valence-corrected chi connectivity index (χ2v) is 15.4. The van der Waals surface area contributed by atoms with Gasteiger partial charge in [-0.2, -0.15) is 0 Å². The molecule has 2 aromatic carbocycles. The van der Waals surface area contributed by atoms with Crippen molar-refractivity contribution in [3.05, 3.63) is 69.8 Å². The van der Waals surface area contributed by atoms with Crippen molar-refractivity contribution in [2.75, 3.05) is 6.61 Å². The van der Waals surface area contributed by atoms with E-state index < -0.39 is 5.60 Å². The number of hydrogen-bond donors (Lipinski definition) is 1. The molecule has 2 saturated carbocycles. The Hall–Kier alpha value is -1.64. The summed E-state index contributed by atoms with van der Waals surface area (Å²) < 4.78 is 5.82. The lowest BCUT2D eigenvalue weighted by Gasteiger charge is -2.50. The number of rotatable bonds is 4. The number of aliphatic hydroxyl groups is 1. The predicted molar refractivity (Wildman–Crippen MR) is 175 cm³/mol. The standard InChI is InChI=1S/C21H32O.C19H26O/c1-4-11-20(22)12-13-21(5-2)18(15-20)8-6-7-17-14-16(3)9-10-19(17)21;1-3-19-10-9-18(13-20-18)12-16(19)6-4-5-15-11-14(2)7-8-17(15)19/h9-10,14,18,22H,4-8,11-13,15H2,1-3H3;7-8,11,16H,3-6,9-10,12-13H2,1-2H3/t18-,20+,21+;16-,18+,19+/m00/s1. The van der Waals surface area contributed by atoms with Crippen LogP contribution in [0.3, 0.4) is 0 Å². The highest BCUT2D eigenvalue weighted by molar-refractivity contribution is 5.41. The molecule has 1 N–H and O–H groups in total. The van der Waals surface area contributed by atoms with E-state index >= 15 is 0 Å². The van der Waals surface area contributed by atoms with E-state index in [0.29, 0.717) is 22.3 Å². The molecule has 1 saturated heterocycles. The summed E-state index contributed by atoms with van der Waals surface area (Å²) in [7, 11) is 0. The Morgan fingerprint density at radius 3 is 1.76 bits per heavy atom. The zero-order chi connectivity index (χ0) is 29.6. The van der Waals surface area contributed by atoms with Crippen LogP contribution in [0.2, 0.25) is 0 Å². The van der Waals surface area contributed by atoms with Gasteiger partial charge in [0.25, 0.3) is 0 Å². The van der Waals surface area contributed by atoms with Gasteiger partial charge < -0.3 is 9.84 Å². The van der Waals surface area contributed by atoms with Crippen molar-refractivity contribution in [3.63, 3.8) is 0 Å². The first kappa shape index (κ1) is 30.4. The number of benzene rings is 2. The molecule has 1 heterocycles. The highest BCUT2D eigenvalue weighted by Crippen LogP contribution is 2.58. The monoisotopic (exact) mass is 570 g/mol. The second kappa shape index (κ2) is 11.7. The highest BCUT2D eigenvalue weighted by atomic mass is 16.6. The topological polar surface area (TPSA) is 32.8 Å². The molecule has 0 bridgehead atoms. The van der Waals surface area contributed by atoms with E-state index in [9.17, 15) is 5.11 Å². The van der Waals surface area contributed by atoms with Crippen LogP contribution in [0.4, 0.5) is 0 Å². The third kappa shape index (κ3) is 5.42. The van der Waals surface area contributed by atoms with Crippen LogP contribution in [-0.4, -0.2) is 22.9 Å². The summed E-state index contributed by atoms with van der Waals surface area (Å²) >= 11 is 0. The number of epoxide rings is 1. The Bertz CT molecular complexity index is 1260. The minimum Gasteiger partial charge on any atom is -0.390 e. The Morgan fingerprint density at radius 2 is 1.26 bits per heavy atom. The van der Waals surface area contributed by atoms with Gasteiger partial charge in [-0.25, -0.2) is 0 Å². The lowest BCUT2D eigenvalue weighted by atomic mass is 9.56. The van der Waals surface area contributed by atoms with Crippen molar-refractivity contribution in [2.24, 2.45) is 11.8 Å². The molecule has 0 amide bonds. The number of fused-ring (bicyclic) bond motifs is 6. The van der Waals surface area contributed by atoms with Crippen LogP contribution < -0.4 is 0 Å². The van der Waals surface area contributed by atoms with E-state index in [1.165, 1.54) is 88.2 Å². The van der Waals surface area contributed by atoms with Gasteiger partial charge in [0, 0.05) is 0 Å². The number of aryl methyl sites for hydroxylation is 4. The average Bonchev–Trinajstić information content (AvgIpc) is 3.77. The first-order valence-corrected chi connectivity index (χ1v) is 17.8. The molecular formula is C40H58O2. The summed E-state index contributed by atoms with van der Waals surface area (Å²) in [6.45, 7) is 12.5. The smallest absolute Gasteiger partial charge is 0.0919 e.